The van der Waals surface area contributed by atoms with Gasteiger partial charge in [-0.1, -0.05) is 0 Å². The van der Waals surface area contributed by atoms with Crippen molar-refractivity contribution >= 4 is 12.1 Å². The van der Waals surface area contributed by atoms with E-state index in [4.69, 9.17) is 18.9 Å². The Kier molecular flexibility index (Phi) is 4.32. The van der Waals surface area contributed by atoms with Gasteiger partial charge in [-0.05, 0) is 33.8 Å². The minimum atomic E-state index is -0.660. The average molecular weight is 283 g/mol. The van der Waals surface area contributed by atoms with Crippen molar-refractivity contribution in [2.75, 3.05) is 13.2 Å². The Balaban J connectivity index is 1.75. The SMILES string of the molecule is CC(C=C1OC(=O)OC1C)OCCC1=NC(C)(C)CO1. The lowest BCUT2D eigenvalue weighted by atomic mass is 10.1. The first-order valence-corrected chi connectivity index (χ1v) is 6.79. The van der Waals surface area contributed by atoms with Crippen molar-refractivity contribution in [3.05, 3.63) is 11.8 Å². The first-order valence-electron chi connectivity index (χ1n) is 6.79. The summed E-state index contributed by atoms with van der Waals surface area (Å²) in [6.45, 7) is 8.82. The fourth-order valence-corrected chi connectivity index (χ4v) is 1.98. The lowest BCUT2D eigenvalue weighted by molar-refractivity contribution is 0.0976. The first kappa shape index (κ1) is 14.8. The van der Waals surface area contributed by atoms with Gasteiger partial charge in [0.25, 0.3) is 0 Å². The zero-order chi connectivity index (χ0) is 14.8. The molecule has 0 radical (unpaired) electrons. The summed E-state index contributed by atoms with van der Waals surface area (Å²) < 4.78 is 20.9. The van der Waals surface area contributed by atoms with Crippen molar-refractivity contribution in [3.8, 4) is 0 Å². The topological polar surface area (TPSA) is 66.4 Å². The molecule has 2 heterocycles. The van der Waals surface area contributed by atoms with Crippen molar-refractivity contribution < 1.29 is 23.7 Å². The predicted molar refractivity (Wildman–Crippen MR) is 72.6 cm³/mol. The molecule has 2 atom stereocenters. The third-order valence-corrected chi connectivity index (χ3v) is 2.99. The van der Waals surface area contributed by atoms with E-state index in [2.05, 4.69) is 4.99 Å². The number of carbonyl (C=O) groups excluding carboxylic acids is 1. The molecule has 2 unspecified atom stereocenters. The summed E-state index contributed by atoms with van der Waals surface area (Å²) in [5.41, 5.74) is -0.131. The molecule has 20 heavy (non-hydrogen) atoms. The predicted octanol–water partition coefficient (Wildman–Crippen LogP) is 2.43. The molecule has 0 bridgehead atoms. The standard InChI is InChI=1S/C14H21NO5/c1-9(7-11-10(2)19-13(16)20-11)17-6-5-12-15-14(3,4)8-18-12/h7,9-10H,5-6,8H2,1-4H3. The maximum absolute atomic E-state index is 10.9. The average Bonchev–Trinajstić information content (AvgIpc) is 2.82. The molecule has 2 rings (SSSR count). The Hall–Kier alpha value is -1.56. The number of nitrogens with zero attached hydrogens (tertiary/aromatic N) is 1. The number of ether oxygens (including phenoxy) is 4. The summed E-state index contributed by atoms with van der Waals surface area (Å²) in [5.74, 6) is 1.23. The second-order valence-corrected chi connectivity index (χ2v) is 5.61. The van der Waals surface area contributed by atoms with Crippen LogP contribution in [0.1, 0.15) is 34.1 Å². The Morgan fingerprint density at radius 2 is 2.30 bits per heavy atom. The lowest BCUT2D eigenvalue weighted by Gasteiger charge is -2.10. The van der Waals surface area contributed by atoms with Crippen molar-refractivity contribution in [2.45, 2.75) is 51.9 Å². The number of rotatable bonds is 5. The maximum atomic E-state index is 10.9. The molecular formula is C14H21NO5. The Morgan fingerprint density at radius 3 is 2.85 bits per heavy atom. The Bertz CT molecular complexity index is 441. The highest BCUT2D eigenvalue weighted by molar-refractivity contribution is 5.78. The van der Waals surface area contributed by atoms with Gasteiger partial charge in [0.2, 0.25) is 0 Å². The van der Waals surface area contributed by atoms with Crippen LogP contribution < -0.4 is 0 Å². The molecule has 0 aromatic rings. The van der Waals surface area contributed by atoms with Gasteiger partial charge in [0.05, 0.1) is 18.2 Å². The highest BCUT2D eigenvalue weighted by Gasteiger charge is 2.28. The molecule has 1 saturated heterocycles. The van der Waals surface area contributed by atoms with Gasteiger partial charge in [0, 0.05) is 6.42 Å². The zero-order valence-electron chi connectivity index (χ0n) is 12.3. The minimum absolute atomic E-state index is 0.131. The molecule has 0 spiro atoms. The van der Waals surface area contributed by atoms with E-state index < -0.39 is 6.16 Å². The van der Waals surface area contributed by atoms with Crippen LogP contribution in [-0.2, 0) is 18.9 Å². The fourth-order valence-electron chi connectivity index (χ4n) is 1.98. The molecule has 0 aromatic heterocycles. The van der Waals surface area contributed by atoms with Crippen LogP contribution in [0.5, 0.6) is 0 Å². The van der Waals surface area contributed by atoms with E-state index in [1.165, 1.54) is 0 Å². The van der Waals surface area contributed by atoms with Gasteiger partial charge in [-0.25, -0.2) is 9.79 Å². The van der Waals surface area contributed by atoms with Gasteiger partial charge in [0.15, 0.2) is 17.8 Å². The van der Waals surface area contributed by atoms with Crippen LogP contribution in [0.15, 0.2) is 16.8 Å². The second-order valence-electron chi connectivity index (χ2n) is 5.61. The largest absolute Gasteiger partial charge is 0.514 e. The number of hydrogen-bond acceptors (Lipinski definition) is 6. The smallest absolute Gasteiger partial charge is 0.478 e. The molecule has 0 aliphatic carbocycles. The minimum Gasteiger partial charge on any atom is -0.478 e. The Labute approximate surface area is 118 Å². The number of carbonyl (C=O) groups is 1. The highest BCUT2D eigenvalue weighted by Crippen LogP contribution is 2.20. The summed E-state index contributed by atoms with van der Waals surface area (Å²) in [6, 6.07) is 0. The van der Waals surface area contributed by atoms with Gasteiger partial charge in [0.1, 0.15) is 6.61 Å². The fraction of sp³-hybridized carbons (Fsp3) is 0.714. The molecule has 0 aromatic carbocycles. The van der Waals surface area contributed by atoms with Crippen molar-refractivity contribution in [3.63, 3.8) is 0 Å². The molecule has 1 fully saturated rings. The summed E-state index contributed by atoms with van der Waals surface area (Å²) in [6.07, 6.45) is 1.21. The van der Waals surface area contributed by atoms with Crippen molar-refractivity contribution in [2.24, 2.45) is 4.99 Å². The van der Waals surface area contributed by atoms with Crippen LogP contribution in [0.25, 0.3) is 0 Å². The molecule has 2 aliphatic heterocycles. The van der Waals surface area contributed by atoms with E-state index in [0.29, 0.717) is 25.4 Å². The van der Waals surface area contributed by atoms with Gasteiger partial charge in [-0.3, -0.25) is 0 Å². The van der Waals surface area contributed by atoms with Gasteiger partial charge in [-0.15, -0.1) is 0 Å². The van der Waals surface area contributed by atoms with E-state index in [1.54, 1.807) is 13.0 Å². The van der Waals surface area contributed by atoms with Crippen LogP contribution in [-0.4, -0.2) is 43.0 Å². The summed E-state index contributed by atoms with van der Waals surface area (Å²) >= 11 is 0. The van der Waals surface area contributed by atoms with E-state index in [9.17, 15) is 4.79 Å². The third-order valence-electron chi connectivity index (χ3n) is 2.99. The van der Waals surface area contributed by atoms with E-state index in [0.717, 1.165) is 5.90 Å². The van der Waals surface area contributed by atoms with Crippen LogP contribution in [0, 0.1) is 0 Å². The highest BCUT2D eigenvalue weighted by atomic mass is 16.8. The number of aliphatic imine (C=N–C) groups is 1. The van der Waals surface area contributed by atoms with Gasteiger partial charge < -0.3 is 18.9 Å². The van der Waals surface area contributed by atoms with Gasteiger partial charge >= 0.3 is 6.16 Å². The molecule has 112 valence electrons. The molecule has 2 aliphatic rings. The molecule has 6 heteroatoms. The van der Waals surface area contributed by atoms with E-state index in [-0.39, 0.29) is 17.7 Å². The molecule has 0 saturated carbocycles. The van der Waals surface area contributed by atoms with Gasteiger partial charge in [-0.2, -0.15) is 0 Å². The monoisotopic (exact) mass is 283 g/mol. The first-order chi connectivity index (χ1) is 9.35. The quantitative estimate of drug-likeness (QED) is 0.725. The zero-order valence-corrected chi connectivity index (χ0v) is 12.3. The summed E-state index contributed by atoms with van der Waals surface area (Å²) in [7, 11) is 0. The van der Waals surface area contributed by atoms with E-state index >= 15 is 0 Å². The summed E-state index contributed by atoms with van der Waals surface area (Å²) in [5, 5.41) is 0. The third kappa shape index (κ3) is 3.96. The van der Waals surface area contributed by atoms with Crippen molar-refractivity contribution in [1.29, 1.82) is 0 Å². The van der Waals surface area contributed by atoms with E-state index in [1.807, 2.05) is 20.8 Å². The van der Waals surface area contributed by atoms with Crippen LogP contribution in [0.3, 0.4) is 0 Å². The van der Waals surface area contributed by atoms with Crippen LogP contribution in [0.2, 0.25) is 0 Å². The summed E-state index contributed by atoms with van der Waals surface area (Å²) in [4.78, 5) is 15.4. The molecular weight excluding hydrogens is 262 g/mol. The van der Waals surface area contributed by atoms with Crippen LogP contribution in [0.4, 0.5) is 4.79 Å². The normalized spacial score (nSPS) is 27.8. The van der Waals surface area contributed by atoms with Crippen molar-refractivity contribution in [1.82, 2.24) is 0 Å². The Morgan fingerprint density at radius 1 is 1.55 bits per heavy atom. The maximum Gasteiger partial charge on any atom is 0.514 e. The molecule has 0 amide bonds. The number of cyclic esters (lactones) is 2. The van der Waals surface area contributed by atoms with Crippen LogP contribution >= 0.6 is 0 Å². The lowest BCUT2D eigenvalue weighted by Crippen LogP contribution is -2.17. The molecule has 6 nitrogen and oxygen atoms in total. The molecule has 0 N–H and O–H groups in total. The number of hydrogen-bond donors (Lipinski definition) is 0. The second kappa shape index (κ2) is 5.83.